The highest BCUT2D eigenvalue weighted by Crippen LogP contribution is 2.55. The summed E-state index contributed by atoms with van der Waals surface area (Å²) in [6.07, 6.45) is 10.1. The first kappa shape index (κ1) is 29.4. The third kappa shape index (κ3) is 5.19. The second-order valence-electron chi connectivity index (χ2n) is 13.8. The molecule has 3 saturated heterocycles. The maximum absolute atomic E-state index is 14.3. The van der Waals surface area contributed by atoms with Crippen LogP contribution in [0.1, 0.15) is 77.7 Å². The molecule has 4 aliphatic heterocycles. The lowest BCUT2D eigenvalue weighted by Gasteiger charge is -2.38. The molecular weight excluding hydrogens is 528 g/mol. The Hall–Kier alpha value is -2.71. The summed E-state index contributed by atoms with van der Waals surface area (Å²) in [6, 6.07) is 7.17. The van der Waals surface area contributed by atoms with Crippen LogP contribution in [0.5, 0.6) is 0 Å². The van der Waals surface area contributed by atoms with E-state index < -0.39 is 29.6 Å². The molecule has 42 heavy (non-hydrogen) atoms. The molecule has 8 nitrogen and oxygen atoms in total. The molecule has 6 rings (SSSR count). The molecule has 4 fully saturated rings. The average molecular weight is 577 g/mol. The van der Waals surface area contributed by atoms with E-state index in [1.54, 1.807) is 4.90 Å². The second-order valence-corrected chi connectivity index (χ2v) is 13.8. The smallest absolute Gasteiger partial charge is 0.246 e. The maximum atomic E-state index is 14.3. The Bertz CT molecular complexity index is 1210. The zero-order valence-corrected chi connectivity index (χ0v) is 25.7. The Kier molecular flexibility index (Phi) is 8.22. The topological polar surface area (TPSA) is 91.0 Å². The fraction of sp³-hybridized carbons (Fsp3) is 0.676. The number of rotatable bonds is 8. The monoisotopic (exact) mass is 576 g/mol. The van der Waals surface area contributed by atoms with Crippen LogP contribution in [-0.4, -0.2) is 77.5 Å². The quantitative estimate of drug-likeness (QED) is 0.450. The van der Waals surface area contributed by atoms with Crippen molar-refractivity contribution in [2.75, 3.05) is 31.5 Å². The maximum Gasteiger partial charge on any atom is 0.246 e. The Morgan fingerprint density at radius 2 is 1.74 bits per heavy atom. The van der Waals surface area contributed by atoms with Crippen LogP contribution in [0.25, 0.3) is 0 Å². The standard InChI is InChI=1S/C34H48N4O4/c1-21(2)24-11-13-25(14-12-24)35-31(39)28-27-15-16-34(42-27)29(28)33(41)38(20-19-37-17-6-5-7-18-37)30(34)32(40)36-26-10-8-9-22(3)23(26)4/h11-16,21-23,26-30H,5-10,17-20H2,1-4H3,(H,35,39)(H,36,40)/t22?,23?,26?,27-,28?,29-,30?,34?/m1/s1. The van der Waals surface area contributed by atoms with E-state index >= 15 is 0 Å². The number of piperidine rings is 1. The van der Waals surface area contributed by atoms with Gasteiger partial charge in [0.15, 0.2) is 0 Å². The van der Waals surface area contributed by atoms with Gasteiger partial charge in [-0.05, 0) is 67.8 Å². The summed E-state index contributed by atoms with van der Waals surface area (Å²) < 4.78 is 6.56. The van der Waals surface area contributed by atoms with Crippen LogP contribution < -0.4 is 10.6 Å². The molecule has 8 atom stereocenters. The number of carbonyl (C=O) groups is 3. The third-order valence-electron chi connectivity index (χ3n) is 10.9. The minimum absolute atomic E-state index is 0.0752. The number of likely N-dealkylation sites (tertiary alicyclic amines) is 2. The lowest BCUT2D eigenvalue weighted by molar-refractivity contribution is -0.142. The van der Waals surface area contributed by atoms with Crippen molar-refractivity contribution >= 4 is 23.4 Å². The van der Waals surface area contributed by atoms with Gasteiger partial charge in [-0.3, -0.25) is 14.4 Å². The summed E-state index contributed by atoms with van der Waals surface area (Å²) in [5.74, 6) is -0.616. The lowest BCUT2D eigenvalue weighted by Crippen LogP contribution is -2.58. The van der Waals surface area contributed by atoms with Crippen LogP contribution >= 0.6 is 0 Å². The van der Waals surface area contributed by atoms with Crippen molar-refractivity contribution in [3.05, 3.63) is 42.0 Å². The van der Waals surface area contributed by atoms with E-state index in [1.165, 1.54) is 18.4 Å². The molecule has 8 heteroatoms. The van der Waals surface area contributed by atoms with Crippen molar-refractivity contribution in [1.29, 1.82) is 0 Å². The fourth-order valence-electron chi connectivity index (χ4n) is 8.16. The van der Waals surface area contributed by atoms with Crippen LogP contribution in [0.15, 0.2) is 36.4 Å². The van der Waals surface area contributed by atoms with Crippen LogP contribution in [0.2, 0.25) is 0 Å². The summed E-state index contributed by atoms with van der Waals surface area (Å²) in [4.78, 5) is 46.4. The van der Waals surface area contributed by atoms with Crippen molar-refractivity contribution < 1.29 is 19.1 Å². The molecule has 228 valence electrons. The van der Waals surface area contributed by atoms with Crippen molar-refractivity contribution in [2.45, 2.75) is 95.9 Å². The Morgan fingerprint density at radius 1 is 1.00 bits per heavy atom. The number of benzene rings is 1. The first-order chi connectivity index (χ1) is 20.2. The molecule has 1 aliphatic carbocycles. The van der Waals surface area contributed by atoms with Gasteiger partial charge in [0.25, 0.3) is 0 Å². The van der Waals surface area contributed by atoms with Gasteiger partial charge in [0.1, 0.15) is 11.6 Å². The molecule has 0 aromatic heterocycles. The van der Waals surface area contributed by atoms with E-state index in [-0.39, 0.29) is 23.8 Å². The fourth-order valence-corrected chi connectivity index (χ4v) is 8.16. The normalized spacial score (nSPS) is 36.0. The van der Waals surface area contributed by atoms with Crippen molar-refractivity contribution in [2.24, 2.45) is 23.7 Å². The number of hydrogen-bond acceptors (Lipinski definition) is 5. The largest absolute Gasteiger partial charge is 0.359 e. The van der Waals surface area contributed by atoms with Crippen LogP contribution in [-0.2, 0) is 19.1 Å². The van der Waals surface area contributed by atoms with Gasteiger partial charge in [0, 0.05) is 24.8 Å². The number of anilines is 1. The van der Waals surface area contributed by atoms with Crippen molar-refractivity contribution in [3.63, 3.8) is 0 Å². The highest BCUT2D eigenvalue weighted by molar-refractivity contribution is 6.02. The first-order valence-corrected chi connectivity index (χ1v) is 16.3. The molecule has 1 spiro atoms. The zero-order chi connectivity index (χ0) is 29.6. The molecule has 1 aromatic carbocycles. The predicted molar refractivity (Wildman–Crippen MR) is 163 cm³/mol. The highest BCUT2D eigenvalue weighted by Gasteiger charge is 2.72. The number of fused-ring (bicyclic) bond motifs is 1. The van der Waals surface area contributed by atoms with E-state index in [1.807, 2.05) is 36.4 Å². The number of nitrogens with one attached hydrogen (secondary N) is 2. The van der Waals surface area contributed by atoms with Crippen LogP contribution in [0.3, 0.4) is 0 Å². The van der Waals surface area contributed by atoms with Gasteiger partial charge in [-0.25, -0.2) is 0 Å². The van der Waals surface area contributed by atoms with Gasteiger partial charge in [0.2, 0.25) is 17.7 Å². The van der Waals surface area contributed by atoms with Gasteiger partial charge in [-0.2, -0.15) is 0 Å². The van der Waals surface area contributed by atoms with E-state index in [4.69, 9.17) is 4.74 Å². The van der Waals surface area contributed by atoms with E-state index in [0.717, 1.165) is 45.3 Å². The Labute approximate surface area is 250 Å². The van der Waals surface area contributed by atoms with Gasteiger partial charge >= 0.3 is 0 Å². The minimum Gasteiger partial charge on any atom is -0.359 e. The molecule has 4 heterocycles. The summed E-state index contributed by atoms with van der Waals surface area (Å²) >= 11 is 0. The average Bonchev–Trinajstić information content (AvgIpc) is 3.62. The molecule has 2 N–H and O–H groups in total. The molecule has 3 amide bonds. The lowest BCUT2D eigenvalue weighted by atomic mass is 9.73. The Balaban J connectivity index is 1.25. The SMILES string of the molecule is CC(C)c1ccc(NC(=O)C2[C@H]3C=CC4(O3)C(C(=O)NC3CCCC(C)C3C)N(CCN3CCCCC3)C(=O)[C@@H]24)cc1. The summed E-state index contributed by atoms with van der Waals surface area (Å²) in [5, 5.41) is 6.41. The summed E-state index contributed by atoms with van der Waals surface area (Å²) in [6.45, 7) is 12.0. The predicted octanol–water partition coefficient (Wildman–Crippen LogP) is 4.33. The number of ether oxygens (including phenoxy) is 1. The third-order valence-corrected chi connectivity index (χ3v) is 10.9. The van der Waals surface area contributed by atoms with Crippen LogP contribution in [0, 0.1) is 23.7 Å². The van der Waals surface area contributed by atoms with Crippen molar-refractivity contribution in [1.82, 2.24) is 15.1 Å². The molecule has 0 radical (unpaired) electrons. The highest BCUT2D eigenvalue weighted by atomic mass is 16.5. The molecule has 1 saturated carbocycles. The molecule has 1 aromatic rings. The first-order valence-electron chi connectivity index (χ1n) is 16.3. The van der Waals surface area contributed by atoms with Gasteiger partial charge < -0.3 is 25.2 Å². The van der Waals surface area contributed by atoms with Gasteiger partial charge in [0.05, 0.1) is 17.9 Å². The van der Waals surface area contributed by atoms with Crippen molar-refractivity contribution in [3.8, 4) is 0 Å². The van der Waals surface area contributed by atoms with Gasteiger partial charge in [-0.1, -0.05) is 71.2 Å². The molecule has 5 aliphatic rings. The van der Waals surface area contributed by atoms with Gasteiger partial charge in [-0.15, -0.1) is 0 Å². The van der Waals surface area contributed by atoms with E-state index in [0.29, 0.717) is 30.0 Å². The van der Waals surface area contributed by atoms with E-state index in [2.05, 4.69) is 43.2 Å². The second kappa shape index (κ2) is 11.8. The number of carbonyl (C=O) groups excluding carboxylic acids is 3. The molecular formula is C34H48N4O4. The summed E-state index contributed by atoms with van der Waals surface area (Å²) in [5.41, 5.74) is 0.775. The number of nitrogens with zero attached hydrogens (tertiary/aromatic N) is 2. The minimum atomic E-state index is -1.12. The number of amides is 3. The number of hydrogen-bond donors (Lipinski definition) is 2. The zero-order valence-electron chi connectivity index (χ0n) is 25.7. The summed E-state index contributed by atoms with van der Waals surface area (Å²) in [7, 11) is 0. The molecule has 6 unspecified atom stereocenters. The Morgan fingerprint density at radius 3 is 2.45 bits per heavy atom. The molecule has 2 bridgehead atoms. The van der Waals surface area contributed by atoms with E-state index in [9.17, 15) is 14.4 Å². The van der Waals surface area contributed by atoms with Crippen LogP contribution in [0.4, 0.5) is 5.69 Å².